The Morgan fingerprint density at radius 1 is 1.24 bits per heavy atom. The van der Waals surface area contributed by atoms with Gasteiger partial charge in [0.05, 0.1) is 5.56 Å². The molecule has 1 saturated heterocycles. The number of aromatic nitrogens is 1. The Balaban J connectivity index is 1.69. The number of carbonyl (C=O) groups is 1. The highest BCUT2D eigenvalue weighted by Crippen LogP contribution is 2.08. The molecule has 1 fully saturated rings. The van der Waals surface area contributed by atoms with E-state index < -0.39 is 0 Å². The predicted octanol–water partition coefficient (Wildman–Crippen LogP) is 1.72. The molecule has 1 aliphatic rings. The van der Waals surface area contributed by atoms with Crippen molar-refractivity contribution in [2.45, 2.75) is 19.3 Å². The fourth-order valence-corrected chi connectivity index (χ4v) is 2.02. The molecule has 1 aromatic heterocycles. The molecule has 2 rings (SSSR count). The molecule has 4 heteroatoms. The van der Waals surface area contributed by atoms with Crippen LogP contribution in [0.15, 0.2) is 24.5 Å². The molecular formula is C13H18N2O2. The zero-order valence-corrected chi connectivity index (χ0v) is 9.97. The topological polar surface area (TPSA) is 42.4 Å². The molecule has 0 bridgehead atoms. The van der Waals surface area contributed by atoms with E-state index in [0.717, 1.165) is 19.6 Å². The summed E-state index contributed by atoms with van der Waals surface area (Å²) in [5.41, 5.74) is 0.568. The van der Waals surface area contributed by atoms with Crippen molar-refractivity contribution in [2.75, 3.05) is 26.2 Å². The lowest BCUT2D eigenvalue weighted by molar-refractivity contribution is 0.0452. The lowest BCUT2D eigenvalue weighted by atomic mass is 10.1. The van der Waals surface area contributed by atoms with Gasteiger partial charge in [-0.15, -0.1) is 0 Å². The highest BCUT2D eigenvalue weighted by Gasteiger charge is 2.11. The molecule has 1 aliphatic heterocycles. The number of rotatable bonds is 4. The summed E-state index contributed by atoms with van der Waals surface area (Å²) in [4.78, 5) is 17.8. The number of hydrogen-bond acceptors (Lipinski definition) is 4. The van der Waals surface area contributed by atoms with Crippen LogP contribution in [0.1, 0.15) is 29.6 Å². The van der Waals surface area contributed by atoms with E-state index >= 15 is 0 Å². The van der Waals surface area contributed by atoms with Crippen LogP contribution in [0.25, 0.3) is 0 Å². The highest BCUT2D eigenvalue weighted by molar-refractivity contribution is 5.89. The molecule has 1 aromatic rings. The Morgan fingerprint density at radius 2 is 1.94 bits per heavy atom. The number of likely N-dealkylation sites (tertiary alicyclic amines) is 1. The largest absolute Gasteiger partial charge is 0.461 e. The van der Waals surface area contributed by atoms with Crippen molar-refractivity contribution < 1.29 is 9.53 Å². The van der Waals surface area contributed by atoms with Crippen LogP contribution >= 0.6 is 0 Å². The lowest BCUT2D eigenvalue weighted by Crippen LogP contribution is -2.33. The Bertz CT molecular complexity index is 348. The minimum absolute atomic E-state index is 0.260. The van der Waals surface area contributed by atoms with Crippen molar-refractivity contribution in [1.82, 2.24) is 9.88 Å². The lowest BCUT2D eigenvalue weighted by Gasteiger charge is -2.25. The SMILES string of the molecule is O=C(OCCN1CCCCC1)c1ccncc1. The summed E-state index contributed by atoms with van der Waals surface area (Å²) in [7, 11) is 0. The van der Waals surface area contributed by atoms with Gasteiger partial charge in [0.15, 0.2) is 0 Å². The van der Waals surface area contributed by atoms with Gasteiger partial charge in [-0.05, 0) is 38.1 Å². The van der Waals surface area contributed by atoms with Gasteiger partial charge in [0.2, 0.25) is 0 Å². The summed E-state index contributed by atoms with van der Waals surface area (Å²) in [5.74, 6) is -0.260. The average Bonchev–Trinajstić information content (AvgIpc) is 2.41. The summed E-state index contributed by atoms with van der Waals surface area (Å²) in [6.07, 6.45) is 7.05. The standard InChI is InChI=1S/C13H18N2O2/c16-13(12-4-6-14-7-5-12)17-11-10-15-8-2-1-3-9-15/h4-7H,1-3,8-11H2. The summed E-state index contributed by atoms with van der Waals surface area (Å²) in [6.45, 7) is 3.58. The number of ether oxygens (including phenoxy) is 1. The van der Waals surface area contributed by atoms with Gasteiger partial charge in [-0.2, -0.15) is 0 Å². The van der Waals surface area contributed by atoms with Gasteiger partial charge in [-0.3, -0.25) is 9.88 Å². The predicted molar refractivity (Wildman–Crippen MR) is 64.8 cm³/mol. The zero-order valence-electron chi connectivity index (χ0n) is 9.97. The third-order valence-electron chi connectivity index (χ3n) is 3.01. The molecule has 0 aromatic carbocycles. The molecule has 92 valence electrons. The number of nitrogens with zero attached hydrogens (tertiary/aromatic N) is 2. The molecular weight excluding hydrogens is 216 g/mol. The highest BCUT2D eigenvalue weighted by atomic mass is 16.5. The van der Waals surface area contributed by atoms with Gasteiger partial charge < -0.3 is 4.74 Å². The molecule has 0 atom stereocenters. The zero-order chi connectivity index (χ0) is 11.9. The van der Waals surface area contributed by atoms with Gasteiger partial charge in [0, 0.05) is 18.9 Å². The number of esters is 1. The third-order valence-corrected chi connectivity index (χ3v) is 3.01. The minimum Gasteiger partial charge on any atom is -0.461 e. The number of pyridine rings is 1. The van der Waals surface area contributed by atoms with E-state index in [4.69, 9.17) is 4.74 Å². The van der Waals surface area contributed by atoms with Crippen molar-refractivity contribution in [3.8, 4) is 0 Å². The third kappa shape index (κ3) is 3.82. The quantitative estimate of drug-likeness (QED) is 0.744. The van der Waals surface area contributed by atoms with E-state index in [1.165, 1.54) is 19.3 Å². The van der Waals surface area contributed by atoms with Crippen molar-refractivity contribution in [3.63, 3.8) is 0 Å². The molecule has 0 N–H and O–H groups in total. The Hall–Kier alpha value is -1.42. The second-order valence-corrected chi connectivity index (χ2v) is 4.27. The van der Waals surface area contributed by atoms with Crippen LogP contribution in [-0.4, -0.2) is 42.1 Å². The van der Waals surface area contributed by atoms with E-state index in [0.29, 0.717) is 12.2 Å². The molecule has 0 unspecified atom stereocenters. The molecule has 0 spiro atoms. The first-order chi connectivity index (χ1) is 8.36. The fourth-order valence-electron chi connectivity index (χ4n) is 2.02. The van der Waals surface area contributed by atoms with Gasteiger partial charge >= 0.3 is 5.97 Å². The first-order valence-corrected chi connectivity index (χ1v) is 6.16. The Kier molecular flexibility index (Phi) is 4.50. The average molecular weight is 234 g/mol. The van der Waals surface area contributed by atoms with Crippen LogP contribution in [0.5, 0.6) is 0 Å². The molecule has 0 amide bonds. The van der Waals surface area contributed by atoms with E-state index in [-0.39, 0.29) is 5.97 Å². The monoisotopic (exact) mass is 234 g/mol. The maximum atomic E-state index is 11.6. The summed E-state index contributed by atoms with van der Waals surface area (Å²) in [6, 6.07) is 3.34. The molecule has 4 nitrogen and oxygen atoms in total. The van der Waals surface area contributed by atoms with Crippen molar-refractivity contribution >= 4 is 5.97 Å². The second kappa shape index (κ2) is 6.35. The first-order valence-electron chi connectivity index (χ1n) is 6.16. The van der Waals surface area contributed by atoms with E-state index in [1.807, 2.05) is 0 Å². The van der Waals surface area contributed by atoms with Crippen molar-refractivity contribution in [1.29, 1.82) is 0 Å². The van der Waals surface area contributed by atoms with Crippen LogP contribution in [0.2, 0.25) is 0 Å². The van der Waals surface area contributed by atoms with Crippen LogP contribution in [0, 0.1) is 0 Å². The smallest absolute Gasteiger partial charge is 0.338 e. The van der Waals surface area contributed by atoms with Gasteiger partial charge in [-0.1, -0.05) is 6.42 Å². The van der Waals surface area contributed by atoms with Gasteiger partial charge in [0.1, 0.15) is 6.61 Å². The van der Waals surface area contributed by atoms with Gasteiger partial charge in [0.25, 0.3) is 0 Å². The van der Waals surface area contributed by atoms with Crippen LogP contribution in [0.3, 0.4) is 0 Å². The Morgan fingerprint density at radius 3 is 2.65 bits per heavy atom. The summed E-state index contributed by atoms with van der Waals surface area (Å²) >= 11 is 0. The normalized spacial score (nSPS) is 16.7. The minimum atomic E-state index is -0.260. The Labute approximate surface area is 102 Å². The maximum Gasteiger partial charge on any atom is 0.338 e. The number of hydrogen-bond donors (Lipinski definition) is 0. The van der Waals surface area contributed by atoms with Gasteiger partial charge in [-0.25, -0.2) is 4.79 Å². The van der Waals surface area contributed by atoms with Crippen molar-refractivity contribution in [3.05, 3.63) is 30.1 Å². The van der Waals surface area contributed by atoms with Crippen LogP contribution < -0.4 is 0 Å². The molecule has 2 heterocycles. The summed E-state index contributed by atoms with van der Waals surface area (Å²) < 4.78 is 5.22. The first kappa shape index (κ1) is 12.0. The van der Waals surface area contributed by atoms with Crippen LogP contribution in [0.4, 0.5) is 0 Å². The molecule has 0 radical (unpaired) electrons. The number of piperidine rings is 1. The van der Waals surface area contributed by atoms with E-state index in [2.05, 4.69) is 9.88 Å². The maximum absolute atomic E-state index is 11.6. The van der Waals surface area contributed by atoms with E-state index in [1.54, 1.807) is 24.5 Å². The number of carbonyl (C=O) groups excluding carboxylic acids is 1. The van der Waals surface area contributed by atoms with Crippen molar-refractivity contribution in [2.24, 2.45) is 0 Å². The molecule has 17 heavy (non-hydrogen) atoms. The fraction of sp³-hybridized carbons (Fsp3) is 0.538. The molecule has 0 aliphatic carbocycles. The second-order valence-electron chi connectivity index (χ2n) is 4.27. The molecule has 0 saturated carbocycles. The van der Waals surface area contributed by atoms with E-state index in [9.17, 15) is 4.79 Å². The van der Waals surface area contributed by atoms with Crippen LogP contribution in [-0.2, 0) is 4.74 Å². The summed E-state index contributed by atoms with van der Waals surface area (Å²) in [5, 5.41) is 0.